The highest BCUT2D eigenvalue weighted by Crippen LogP contribution is 2.36. The van der Waals surface area contributed by atoms with Gasteiger partial charge in [-0.3, -0.25) is 14.7 Å². The van der Waals surface area contributed by atoms with Gasteiger partial charge in [-0.25, -0.2) is 0 Å². The molecule has 0 radical (unpaired) electrons. The number of hydrogen-bond acceptors (Lipinski definition) is 4. The fourth-order valence-corrected chi connectivity index (χ4v) is 4.93. The van der Waals surface area contributed by atoms with E-state index >= 15 is 0 Å². The van der Waals surface area contributed by atoms with Crippen molar-refractivity contribution < 1.29 is 9.90 Å². The second-order valence-corrected chi connectivity index (χ2v) is 9.32. The van der Waals surface area contributed by atoms with Crippen LogP contribution in [0.15, 0.2) is 4.99 Å². The molecule has 3 rings (SSSR count). The third kappa shape index (κ3) is 6.22. The molecular formula is C22H42IN5O2. The van der Waals surface area contributed by atoms with Crippen molar-refractivity contribution in [2.24, 2.45) is 10.4 Å². The number of rotatable bonds is 5. The van der Waals surface area contributed by atoms with Crippen molar-refractivity contribution in [3.05, 3.63) is 0 Å². The quantitative estimate of drug-likeness (QED) is 0.321. The van der Waals surface area contributed by atoms with Gasteiger partial charge in [-0.1, -0.05) is 19.8 Å². The number of aliphatic hydroxyl groups excluding tert-OH is 1. The maximum absolute atomic E-state index is 12.7. The van der Waals surface area contributed by atoms with Crippen LogP contribution in [0.4, 0.5) is 0 Å². The Bertz CT molecular complexity index is 576. The van der Waals surface area contributed by atoms with Crippen LogP contribution in [0, 0.1) is 5.41 Å². The van der Waals surface area contributed by atoms with Crippen LogP contribution in [0.5, 0.6) is 0 Å². The van der Waals surface area contributed by atoms with Crippen LogP contribution in [-0.2, 0) is 4.79 Å². The van der Waals surface area contributed by atoms with Gasteiger partial charge < -0.3 is 20.2 Å². The lowest BCUT2D eigenvalue weighted by Crippen LogP contribution is -2.57. The highest BCUT2D eigenvalue weighted by molar-refractivity contribution is 14.0. The Kier molecular flexibility index (Phi) is 10.1. The summed E-state index contributed by atoms with van der Waals surface area (Å²) in [5, 5.41) is 13.9. The number of piperazine rings is 1. The number of carbonyl (C=O) groups is 1. The predicted octanol–water partition coefficient (Wildman–Crippen LogP) is 2.14. The summed E-state index contributed by atoms with van der Waals surface area (Å²) in [6.07, 6.45) is 6.27. The van der Waals surface area contributed by atoms with Gasteiger partial charge in [0.2, 0.25) is 5.91 Å². The van der Waals surface area contributed by atoms with Crippen LogP contribution in [0.1, 0.15) is 59.3 Å². The summed E-state index contributed by atoms with van der Waals surface area (Å²) in [7, 11) is 0. The molecule has 0 aromatic carbocycles. The lowest BCUT2D eigenvalue weighted by atomic mass is 9.73. The van der Waals surface area contributed by atoms with Crippen LogP contribution >= 0.6 is 24.0 Å². The molecule has 3 aliphatic rings. The molecule has 1 saturated carbocycles. The van der Waals surface area contributed by atoms with Crippen molar-refractivity contribution in [1.82, 2.24) is 20.0 Å². The van der Waals surface area contributed by atoms with Gasteiger partial charge in [0.25, 0.3) is 0 Å². The zero-order valence-electron chi connectivity index (χ0n) is 19.1. The van der Waals surface area contributed by atoms with Crippen molar-refractivity contribution in [3.63, 3.8) is 0 Å². The monoisotopic (exact) mass is 535 g/mol. The molecule has 0 bridgehead atoms. The van der Waals surface area contributed by atoms with Gasteiger partial charge >= 0.3 is 0 Å². The predicted molar refractivity (Wildman–Crippen MR) is 132 cm³/mol. The van der Waals surface area contributed by atoms with Crippen LogP contribution < -0.4 is 5.32 Å². The molecule has 2 N–H and O–H groups in total. The number of likely N-dealkylation sites (tertiary alicyclic amines) is 1. The first-order valence-electron chi connectivity index (χ1n) is 11.7. The lowest BCUT2D eigenvalue weighted by molar-refractivity contribution is -0.135. The van der Waals surface area contributed by atoms with E-state index in [1.807, 2.05) is 4.90 Å². The molecule has 0 spiro atoms. The number of nitrogens with one attached hydrogen (secondary N) is 1. The van der Waals surface area contributed by atoms with E-state index in [0.29, 0.717) is 6.54 Å². The van der Waals surface area contributed by atoms with Crippen molar-refractivity contribution in [1.29, 1.82) is 0 Å². The van der Waals surface area contributed by atoms with E-state index < -0.39 is 0 Å². The van der Waals surface area contributed by atoms with E-state index in [4.69, 9.17) is 4.99 Å². The molecule has 174 valence electrons. The first kappa shape index (κ1) is 25.6. The molecule has 2 heterocycles. The van der Waals surface area contributed by atoms with Crippen LogP contribution in [0.25, 0.3) is 0 Å². The first-order valence-corrected chi connectivity index (χ1v) is 11.7. The lowest BCUT2D eigenvalue weighted by Gasteiger charge is -2.40. The minimum Gasteiger partial charge on any atom is -0.392 e. The van der Waals surface area contributed by atoms with Gasteiger partial charge in [-0.05, 0) is 39.5 Å². The largest absolute Gasteiger partial charge is 0.392 e. The van der Waals surface area contributed by atoms with Crippen molar-refractivity contribution >= 4 is 35.8 Å². The van der Waals surface area contributed by atoms with E-state index in [9.17, 15) is 9.90 Å². The first-order chi connectivity index (χ1) is 13.9. The maximum Gasteiger partial charge on any atom is 0.239 e. The van der Waals surface area contributed by atoms with E-state index in [2.05, 4.69) is 35.9 Å². The highest BCUT2D eigenvalue weighted by atomic mass is 127. The standard InChI is InChI=1S/C22H41N5O2.HI/c1-4-23-21(24-17-22(3)10-6-5-9-19(22)28)27-15-13-25(14-16-27)18(2)20(29)26-11-7-8-12-26;/h18-19,28H,4-17H2,1-3H3,(H,23,24);1H. The molecule has 3 fully saturated rings. The summed E-state index contributed by atoms with van der Waals surface area (Å²) in [5.74, 6) is 1.24. The Morgan fingerprint density at radius 1 is 1.10 bits per heavy atom. The summed E-state index contributed by atoms with van der Waals surface area (Å²) >= 11 is 0. The molecular weight excluding hydrogens is 493 g/mol. The Morgan fingerprint density at radius 3 is 2.37 bits per heavy atom. The summed E-state index contributed by atoms with van der Waals surface area (Å²) in [5.41, 5.74) is -0.114. The number of carbonyl (C=O) groups excluding carboxylic acids is 1. The summed E-state index contributed by atoms with van der Waals surface area (Å²) in [4.78, 5) is 24.3. The SMILES string of the molecule is CCNC(=NCC1(C)CCCCC1O)N1CCN(C(C)C(=O)N2CCCC2)CC1.I. The van der Waals surface area contributed by atoms with E-state index in [-0.39, 0.29) is 47.4 Å². The molecule has 2 saturated heterocycles. The Hall–Kier alpha value is -0.610. The van der Waals surface area contributed by atoms with Crippen molar-refractivity contribution in [2.75, 3.05) is 52.4 Å². The van der Waals surface area contributed by atoms with Gasteiger partial charge in [0, 0.05) is 51.2 Å². The fourth-order valence-electron chi connectivity index (χ4n) is 4.93. The number of aliphatic hydroxyl groups is 1. The second-order valence-electron chi connectivity index (χ2n) is 9.32. The van der Waals surface area contributed by atoms with Gasteiger partial charge in [0.15, 0.2) is 5.96 Å². The van der Waals surface area contributed by atoms with Crippen LogP contribution in [-0.4, -0.2) is 96.2 Å². The molecule has 30 heavy (non-hydrogen) atoms. The van der Waals surface area contributed by atoms with Crippen LogP contribution in [0.3, 0.4) is 0 Å². The normalized spacial score (nSPS) is 29.5. The number of halogens is 1. The van der Waals surface area contributed by atoms with Crippen molar-refractivity contribution in [2.45, 2.75) is 71.4 Å². The minimum atomic E-state index is -0.253. The van der Waals surface area contributed by atoms with Gasteiger partial charge in [-0.2, -0.15) is 0 Å². The number of amides is 1. The average molecular weight is 536 g/mol. The zero-order valence-corrected chi connectivity index (χ0v) is 21.4. The Labute approximate surface area is 199 Å². The van der Waals surface area contributed by atoms with E-state index in [1.54, 1.807) is 0 Å². The number of guanidine groups is 1. The molecule has 3 unspecified atom stereocenters. The molecule has 3 atom stereocenters. The average Bonchev–Trinajstić information content (AvgIpc) is 3.27. The fraction of sp³-hybridized carbons (Fsp3) is 0.909. The molecule has 1 aliphatic carbocycles. The Balaban J connectivity index is 0.00000320. The minimum absolute atomic E-state index is 0. The molecule has 0 aromatic heterocycles. The third-order valence-corrected chi connectivity index (χ3v) is 7.14. The zero-order chi connectivity index (χ0) is 20.9. The second kappa shape index (κ2) is 11.9. The number of nitrogens with zero attached hydrogens (tertiary/aromatic N) is 4. The van der Waals surface area contributed by atoms with E-state index in [0.717, 1.165) is 83.9 Å². The maximum atomic E-state index is 12.7. The molecule has 8 heteroatoms. The molecule has 0 aromatic rings. The number of aliphatic imine (C=N–C) groups is 1. The van der Waals surface area contributed by atoms with Gasteiger partial charge in [0.1, 0.15) is 0 Å². The summed E-state index contributed by atoms with van der Waals surface area (Å²) < 4.78 is 0. The van der Waals surface area contributed by atoms with Crippen molar-refractivity contribution in [3.8, 4) is 0 Å². The summed E-state index contributed by atoms with van der Waals surface area (Å²) in [6, 6.07) is -0.0360. The molecule has 2 aliphatic heterocycles. The summed E-state index contributed by atoms with van der Waals surface area (Å²) in [6.45, 7) is 13.2. The number of hydrogen-bond donors (Lipinski definition) is 2. The van der Waals surface area contributed by atoms with Crippen LogP contribution in [0.2, 0.25) is 0 Å². The molecule has 7 nitrogen and oxygen atoms in total. The highest BCUT2D eigenvalue weighted by Gasteiger charge is 2.36. The smallest absolute Gasteiger partial charge is 0.239 e. The topological polar surface area (TPSA) is 71.4 Å². The third-order valence-electron chi connectivity index (χ3n) is 7.14. The Morgan fingerprint density at radius 2 is 1.77 bits per heavy atom. The van der Waals surface area contributed by atoms with E-state index in [1.165, 1.54) is 6.42 Å². The van der Waals surface area contributed by atoms with Gasteiger partial charge in [-0.15, -0.1) is 24.0 Å². The molecule has 1 amide bonds. The van der Waals surface area contributed by atoms with Gasteiger partial charge in [0.05, 0.1) is 18.7 Å².